The molecule has 0 aromatic heterocycles. The summed E-state index contributed by atoms with van der Waals surface area (Å²) in [5.41, 5.74) is 1.11. The molecule has 2 aliphatic carbocycles. The molecule has 2 amide bonds. The zero-order valence-electron chi connectivity index (χ0n) is 19.7. The average molecular weight is 461 g/mol. The molecule has 3 fully saturated rings. The highest BCUT2D eigenvalue weighted by Gasteiger charge is 2.44. The first-order chi connectivity index (χ1) is 15.1. The van der Waals surface area contributed by atoms with Gasteiger partial charge in [0.25, 0.3) is 0 Å². The zero-order valence-corrected chi connectivity index (χ0v) is 20.5. The van der Waals surface area contributed by atoms with Crippen LogP contribution in [0, 0.1) is 5.92 Å². The Morgan fingerprint density at radius 1 is 1.06 bits per heavy atom. The van der Waals surface area contributed by atoms with Crippen LogP contribution in [0.2, 0.25) is 0 Å². The lowest BCUT2D eigenvalue weighted by Gasteiger charge is -2.50. The number of rotatable bonds is 7. The van der Waals surface area contributed by atoms with E-state index in [2.05, 4.69) is 13.8 Å². The monoisotopic (exact) mass is 460 g/mol. The summed E-state index contributed by atoms with van der Waals surface area (Å²) in [7, 11) is -3.17. The number of benzene rings is 1. The van der Waals surface area contributed by atoms with Crippen molar-refractivity contribution in [3.05, 3.63) is 29.8 Å². The number of hydrogen-bond donors (Lipinski definition) is 0. The minimum absolute atomic E-state index is 0.00135. The molecule has 1 aromatic carbocycles. The van der Waals surface area contributed by atoms with Gasteiger partial charge in [0.2, 0.25) is 11.8 Å². The van der Waals surface area contributed by atoms with Crippen LogP contribution in [-0.2, 0) is 19.4 Å². The largest absolute Gasteiger partial charge is 0.336 e. The second-order valence-corrected chi connectivity index (χ2v) is 12.4. The number of carbonyl (C=O) groups excluding carboxylic acids is 2. The van der Waals surface area contributed by atoms with Crippen LogP contribution >= 0.6 is 0 Å². The van der Waals surface area contributed by atoms with Gasteiger partial charge in [0, 0.05) is 31.5 Å². The highest BCUT2D eigenvalue weighted by molar-refractivity contribution is 7.92. The van der Waals surface area contributed by atoms with Crippen LogP contribution in [0.1, 0.15) is 77.7 Å². The van der Waals surface area contributed by atoms with E-state index >= 15 is 0 Å². The van der Waals surface area contributed by atoms with Crippen LogP contribution in [-0.4, -0.2) is 60.0 Å². The Morgan fingerprint density at radius 2 is 1.69 bits per heavy atom. The fraction of sp³-hybridized carbons (Fsp3) is 0.680. The molecule has 1 aromatic rings. The normalized spacial score (nSPS) is 27.3. The fourth-order valence-electron chi connectivity index (χ4n) is 5.23. The molecule has 1 aliphatic heterocycles. The van der Waals surface area contributed by atoms with E-state index in [1.807, 2.05) is 28.9 Å². The van der Waals surface area contributed by atoms with Crippen molar-refractivity contribution in [1.82, 2.24) is 9.80 Å². The summed E-state index contributed by atoms with van der Waals surface area (Å²) in [5.74, 6) is 0.727. The Labute approximate surface area is 192 Å². The van der Waals surface area contributed by atoms with E-state index in [0.717, 1.165) is 44.1 Å². The van der Waals surface area contributed by atoms with E-state index in [-0.39, 0.29) is 47.0 Å². The zero-order chi connectivity index (χ0) is 23.2. The van der Waals surface area contributed by atoms with Crippen LogP contribution in [0.4, 0.5) is 0 Å². The van der Waals surface area contributed by atoms with Gasteiger partial charge in [-0.15, -0.1) is 0 Å². The SMILES string of the molecule is CC(=O)N1C(CCC(C)c2ccc(S(=O)(=O)C3CC3)cc2)C(C)N(C(=O)C2CC2)C[C@@H]1C. The van der Waals surface area contributed by atoms with Gasteiger partial charge in [0.15, 0.2) is 9.84 Å². The number of sulfone groups is 1. The van der Waals surface area contributed by atoms with Crippen molar-refractivity contribution in [3.63, 3.8) is 0 Å². The fourth-order valence-corrected chi connectivity index (χ4v) is 6.89. The van der Waals surface area contributed by atoms with Crippen molar-refractivity contribution in [2.45, 2.75) is 100 Å². The number of carbonyl (C=O) groups is 2. The Kier molecular flexibility index (Phi) is 6.40. The van der Waals surface area contributed by atoms with Crippen LogP contribution in [0.25, 0.3) is 0 Å². The van der Waals surface area contributed by atoms with Crippen molar-refractivity contribution in [3.8, 4) is 0 Å². The molecule has 4 rings (SSSR count). The van der Waals surface area contributed by atoms with Crippen molar-refractivity contribution in [2.75, 3.05) is 6.54 Å². The molecule has 7 heteroatoms. The van der Waals surface area contributed by atoms with E-state index in [0.29, 0.717) is 11.4 Å². The first-order valence-electron chi connectivity index (χ1n) is 12.0. The van der Waals surface area contributed by atoms with E-state index < -0.39 is 9.84 Å². The second-order valence-electron chi connectivity index (χ2n) is 10.1. The molecule has 3 unspecified atom stereocenters. The molecule has 176 valence electrons. The molecule has 0 bridgehead atoms. The first kappa shape index (κ1) is 23.3. The molecule has 32 heavy (non-hydrogen) atoms. The van der Waals surface area contributed by atoms with E-state index in [4.69, 9.17) is 0 Å². The Bertz CT molecular complexity index is 966. The van der Waals surface area contributed by atoms with Gasteiger partial charge in [0.05, 0.1) is 16.2 Å². The summed E-state index contributed by atoms with van der Waals surface area (Å²) in [6.07, 6.45) is 5.19. The third-order valence-corrected chi connectivity index (χ3v) is 9.83. The standard InChI is InChI=1S/C25H36N2O4S/c1-16(20-8-10-22(11-9-20)32(30,31)23-12-13-23)5-14-24-18(3)26(25(29)21-6-7-21)15-17(2)27(24)19(4)28/h8-11,16-18,21,23-24H,5-7,12-15H2,1-4H3/t16?,17-,18?,24?/m0/s1. The summed E-state index contributed by atoms with van der Waals surface area (Å²) in [6.45, 7) is 8.49. The smallest absolute Gasteiger partial charge is 0.226 e. The lowest BCUT2D eigenvalue weighted by Crippen LogP contribution is -2.64. The Balaban J connectivity index is 1.44. The number of hydrogen-bond acceptors (Lipinski definition) is 4. The Hall–Kier alpha value is -1.89. The van der Waals surface area contributed by atoms with Crippen LogP contribution in [0.5, 0.6) is 0 Å². The number of nitrogens with zero attached hydrogens (tertiary/aromatic N) is 2. The molecule has 0 N–H and O–H groups in total. The van der Waals surface area contributed by atoms with Gasteiger partial charge in [0.1, 0.15) is 0 Å². The highest BCUT2D eigenvalue weighted by Crippen LogP contribution is 2.36. The summed E-state index contributed by atoms with van der Waals surface area (Å²) in [5, 5.41) is -0.195. The van der Waals surface area contributed by atoms with Gasteiger partial charge in [-0.1, -0.05) is 19.1 Å². The van der Waals surface area contributed by atoms with Crippen LogP contribution < -0.4 is 0 Å². The van der Waals surface area contributed by atoms with Gasteiger partial charge >= 0.3 is 0 Å². The number of amides is 2. The van der Waals surface area contributed by atoms with Gasteiger partial charge in [-0.3, -0.25) is 9.59 Å². The van der Waals surface area contributed by atoms with Crippen molar-refractivity contribution >= 4 is 21.7 Å². The quantitative estimate of drug-likeness (QED) is 0.621. The van der Waals surface area contributed by atoms with Crippen LogP contribution in [0.3, 0.4) is 0 Å². The predicted octanol–water partition coefficient (Wildman–Crippen LogP) is 3.75. The summed E-state index contributed by atoms with van der Waals surface area (Å²) < 4.78 is 24.9. The predicted molar refractivity (Wildman–Crippen MR) is 124 cm³/mol. The molecular formula is C25H36N2O4S. The minimum atomic E-state index is -3.17. The summed E-state index contributed by atoms with van der Waals surface area (Å²) >= 11 is 0. The van der Waals surface area contributed by atoms with Gasteiger partial charge in [-0.25, -0.2) is 8.42 Å². The third-order valence-electron chi connectivity index (χ3n) is 7.55. The van der Waals surface area contributed by atoms with Crippen molar-refractivity contribution in [1.29, 1.82) is 0 Å². The number of piperazine rings is 1. The molecule has 0 spiro atoms. The highest BCUT2D eigenvalue weighted by atomic mass is 32.2. The topological polar surface area (TPSA) is 74.8 Å². The molecule has 2 saturated carbocycles. The van der Waals surface area contributed by atoms with Gasteiger partial charge in [-0.2, -0.15) is 0 Å². The molecule has 0 radical (unpaired) electrons. The molecule has 4 atom stereocenters. The Morgan fingerprint density at radius 3 is 2.22 bits per heavy atom. The third kappa shape index (κ3) is 4.59. The lowest BCUT2D eigenvalue weighted by atomic mass is 9.89. The lowest BCUT2D eigenvalue weighted by molar-refractivity contribution is -0.151. The van der Waals surface area contributed by atoms with E-state index in [9.17, 15) is 18.0 Å². The van der Waals surface area contributed by atoms with E-state index in [1.54, 1.807) is 19.1 Å². The maximum atomic E-state index is 12.8. The maximum absolute atomic E-state index is 12.8. The minimum Gasteiger partial charge on any atom is -0.336 e. The molecule has 6 nitrogen and oxygen atoms in total. The maximum Gasteiger partial charge on any atom is 0.226 e. The van der Waals surface area contributed by atoms with Crippen molar-refractivity contribution < 1.29 is 18.0 Å². The molecule has 3 aliphatic rings. The van der Waals surface area contributed by atoms with Crippen LogP contribution in [0.15, 0.2) is 29.2 Å². The first-order valence-corrected chi connectivity index (χ1v) is 13.6. The molecular weight excluding hydrogens is 424 g/mol. The summed E-state index contributed by atoms with van der Waals surface area (Å²) in [6, 6.07) is 7.35. The van der Waals surface area contributed by atoms with Crippen molar-refractivity contribution in [2.24, 2.45) is 5.92 Å². The van der Waals surface area contributed by atoms with Gasteiger partial charge < -0.3 is 9.80 Å². The average Bonchev–Trinajstić information content (AvgIpc) is 3.64. The van der Waals surface area contributed by atoms with Gasteiger partial charge in [-0.05, 0) is 76.0 Å². The molecule has 1 saturated heterocycles. The molecule has 1 heterocycles. The summed E-state index contributed by atoms with van der Waals surface area (Å²) in [4.78, 5) is 29.7. The second kappa shape index (κ2) is 8.81. The van der Waals surface area contributed by atoms with E-state index in [1.165, 1.54) is 0 Å².